The van der Waals surface area contributed by atoms with Gasteiger partial charge < -0.3 is 4.90 Å². The minimum absolute atomic E-state index is 0.262. The third kappa shape index (κ3) is 4.12. The summed E-state index contributed by atoms with van der Waals surface area (Å²) in [6.45, 7) is 1.42. The number of carbonyl (C=O) groups excluding carboxylic acids is 1. The molecule has 0 saturated carbocycles. The molecule has 1 aliphatic rings. The fraction of sp³-hybridized carbons (Fsp3) is 0.857. The Morgan fingerprint density at radius 1 is 1.60 bits per heavy atom. The van der Waals surface area contributed by atoms with Crippen LogP contribution in [0.25, 0.3) is 0 Å². The van der Waals surface area contributed by atoms with Crippen molar-refractivity contribution in [3.05, 3.63) is 0 Å². The average Bonchev–Trinajstić information content (AvgIpc) is 2.13. The molecule has 1 unspecified atom stereocenters. The van der Waals surface area contributed by atoms with Crippen LogP contribution in [0.2, 0.25) is 0 Å². The van der Waals surface area contributed by atoms with E-state index >= 15 is 0 Å². The van der Waals surface area contributed by atoms with E-state index in [9.17, 15) is 13.2 Å². The van der Waals surface area contributed by atoms with E-state index in [2.05, 4.69) is 4.28 Å². The highest BCUT2D eigenvalue weighted by molar-refractivity contribution is 7.80. The molecule has 1 saturated heterocycles. The van der Waals surface area contributed by atoms with Crippen LogP contribution in [0.1, 0.15) is 12.8 Å². The van der Waals surface area contributed by atoms with Gasteiger partial charge in [0.15, 0.2) is 0 Å². The zero-order chi connectivity index (χ0) is 11.5. The molecule has 0 aromatic heterocycles. The van der Waals surface area contributed by atoms with Gasteiger partial charge in [0.25, 0.3) is 0 Å². The number of likely N-dealkylation sites (tertiary alicyclic amines) is 1. The third-order valence-corrected chi connectivity index (χ3v) is 2.60. The van der Waals surface area contributed by atoms with Crippen LogP contribution in [-0.2, 0) is 19.5 Å². The van der Waals surface area contributed by atoms with Crippen molar-refractivity contribution in [1.82, 2.24) is 9.96 Å². The maximum Gasteiger partial charge on any atom is 0.418 e. The van der Waals surface area contributed by atoms with Gasteiger partial charge in [-0.1, -0.05) is 0 Å². The first-order valence-corrected chi connectivity index (χ1v) is 5.88. The standard InChI is InChI=1S/C7H14N2O5S/c1-8-4-2-3-7(5-8)9(6-10)14-15(11,12)13/h6-7H,2-5H2,1H3,(H,11,12,13). The van der Waals surface area contributed by atoms with Gasteiger partial charge in [-0.05, 0) is 26.4 Å². The van der Waals surface area contributed by atoms with Gasteiger partial charge in [0.05, 0.1) is 6.04 Å². The minimum atomic E-state index is -4.63. The summed E-state index contributed by atoms with van der Waals surface area (Å²) < 4.78 is 33.5. The second kappa shape index (κ2) is 4.88. The summed E-state index contributed by atoms with van der Waals surface area (Å²) in [5, 5.41) is 0.644. The molecule has 0 aromatic carbocycles. The largest absolute Gasteiger partial charge is 0.418 e. The molecule has 8 heteroatoms. The van der Waals surface area contributed by atoms with E-state index in [0.717, 1.165) is 13.0 Å². The van der Waals surface area contributed by atoms with Gasteiger partial charge in [0.1, 0.15) is 0 Å². The van der Waals surface area contributed by atoms with Crippen LogP contribution in [0.15, 0.2) is 0 Å². The molecule has 1 heterocycles. The van der Waals surface area contributed by atoms with Gasteiger partial charge in [-0.3, -0.25) is 9.35 Å². The van der Waals surface area contributed by atoms with Gasteiger partial charge in [0.2, 0.25) is 6.41 Å². The Balaban J connectivity index is 2.61. The molecule has 88 valence electrons. The molecule has 0 spiro atoms. The maximum absolute atomic E-state index is 10.6. The van der Waals surface area contributed by atoms with Crippen LogP contribution in [0.5, 0.6) is 0 Å². The van der Waals surface area contributed by atoms with Crippen molar-refractivity contribution < 1.29 is 22.0 Å². The number of hydroxylamine groups is 2. The lowest BCUT2D eigenvalue weighted by atomic mass is 10.1. The van der Waals surface area contributed by atoms with Crippen molar-refractivity contribution in [2.24, 2.45) is 0 Å². The van der Waals surface area contributed by atoms with E-state index in [4.69, 9.17) is 4.55 Å². The highest BCUT2D eigenvalue weighted by Gasteiger charge is 2.26. The number of carbonyl (C=O) groups is 1. The molecule has 1 rings (SSSR count). The van der Waals surface area contributed by atoms with Crippen molar-refractivity contribution in [2.75, 3.05) is 20.1 Å². The molecule has 1 fully saturated rings. The number of hydrogen-bond donors (Lipinski definition) is 1. The van der Waals surface area contributed by atoms with E-state index in [1.807, 2.05) is 11.9 Å². The first kappa shape index (κ1) is 12.4. The molecule has 1 atom stereocenters. The van der Waals surface area contributed by atoms with E-state index in [1.54, 1.807) is 0 Å². The number of amides is 1. The SMILES string of the molecule is CN1CCCC(N(C=O)OS(=O)(=O)O)C1. The first-order chi connectivity index (χ1) is 6.92. The van der Waals surface area contributed by atoms with Gasteiger partial charge in [-0.15, -0.1) is 4.28 Å². The smallest absolute Gasteiger partial charge is 0.304 e. The van der Waals surface area contributed by atoms with Gasteiger partial charge in [-0.2, -0.15) is 8.42 Å². The Bertz CT molecular complexity index is 317. The lowest BCUT2D eigenvalue weighted by Gasteiger charge is -2.33. The normalized spacial score (nSPS) is 23.7. The Morgan fingerprint density at radius 3 is 2.73 bits per heavy atom. The van der Waals surface area contributed by atoms with E-state index in [-0.39, 0.29) is 12.5 Å². The van der Waals surface area contributed by atoms with E-state index in [1.165, 1.54) is 0 Å². The second-order valence-corrected chi connectivity index (χ2v) is 4.53. The summed E-state index contributed by atoms with van der Waals surface area (Å²) in [4.78, 5) is 12.6. The van der Waals surface area contributed by atoms with Gasteiger partial charge >= 0.3 is 10.4 Å². The first-order valence-electron chi connectivity index (χ1n) is 4.51. The number of likely N-dealkylation sites (N-methyl/N-ethyl adjacent to an activating group) is 1. The fourth-order valence-corrected chi connectivity index (χ4v) is 1.99. The highest BCUT2D eigenvalue weighted by atomic mass is 32.3. The van der Waals surface area contributed by atoms with E-state index < -0.39 is 10.4 Å². The molecule has 1 N–H and O–H groups in total. The lowest BCUT2D eigenvalue weighted by Crippen LogP contribution is -2.46. The quantitative estimate of drug-likeness (QED) is 0.395. The van der Waals surface area contributed by atoms with Gasteiger partial charge in [-0.25, -0.2) is 5.06 Å². The van der Waals surface area contributed by atoms with Crippen LogP contribution < -0.4 is 0 Å². The molecule has 15 heavy (non-hydrogen) atoms. The molecule has 0 aliphatic carbocycles. The van der Waals surface area contributed by atoms with Crippen LogP contribution in [0.4, 0.5) is 0 Å². The van der Waals surface area contributed by atoms with Gasteiger partial charge in [0, 0.05) is 6.54 Å². The third-order valence-electron chi connectivity index (χ3n) is 2.24. The molecule has 7 nitrogen and oxygen atoms in total. The molecule has 1 aliphatic heterocycles. The Kier molecular flexibility index (Phi) is 4.03. The van der Waals surface area contributed by atoms with Crippen molar-refractivity contribution in [3.8, 4) is 0 Å². The molecular weight excluding hydrogens is 224 g/mol. The number of hydrogen-bond acceptors (Lipinski definition) is 5. The summed E-state index contributed by atoms with van der Waals surface area (Å²) in [7, 11) is -2.76. The Hall–Kier alpha value is -0.700. The Labute approximate surface area is 88.5 Å². The van der Waals surface area contributed by atoms with Crippen LogP contribution in [-0.4, -0.2) is 55.5 Å². The zero-order valence-electron chi connectivity index (χ0n) is 8.37. The van der Waals surface area contributed by atoms with E-state index in [0.29, 0.717) is 18.0 Å². The molecular formula is C7H14N2O5S. The number of piperidine rings is 1. The zero-order valence-corrected chi connectivity index (χ0v) is 9.18. The average molecular weight is 238 g/mol. The molecule has 1 amide bonds. The summed E-state index contributed by atoms with van der Waals surface area (Å²) in [5.74, 6) is 0. The monoisotopic (exact) mass is 238 g/mol. The Morgan fingerprint density at radius 2 is 2.27 bits per heavy atom. The second-order valence-electron chi connectivity index (χ2n) is 3.53. The summed E-state index contributed by atoms with van der Waals surface area (Å²) in [6, 6.07) is -0.344. The van der Waals surface area contributed by atoms with Crippen molar-refractivity contribution in [1.29, 1.82) is 0 Å². The molecule has 0 bridgehead atoms. The number of nitrogens with zero attached hydrogens (tertiary/aromatic N) is 2. The summed E-state index contributed by atoms with van der Waals surface area (Å²) >= 11 is 0. The molecule has 0 aromatic rings. The lowest BCUT2D eigenvalue weighted by molar-refractivity contribution is -0.154. The van der Waals surface area contributed by atoms with Crippen LogP contribution in [0, 0.1) is 0 Å². The highest BCUT2D eigenvalue weighted by Crippen LogP contribution is 2.14. The maximum atomic E-state index is 10.6. The van der Waals surface area contributed by atoms with Crippen molar-refractivity contribution in [2.45, 2.75) is 18.9 Å². The van der Waals surface area contributed by atoms with Crippen molar-refractivity contribution in [3.63, 3.8) is 0 Å². The summed E-state index contributed by atoms with van der Waals surface area (Å²) in [6.07, 6.45) is 1.76. The molecule has 0 radical (unpaired) electrons. The minimum Gasteiger partial charge on any atom is -0.304 e. The van der Waals surface area contributed by atoms with Crippen LogP contribution >= 0.6 is 0 Å². The predicted octanol–water partition coefficient (Wildman–Crippen LogP) is -0.727. The van der Waals surface area contributed by atoms with Crippen LogP contribution in [0.3, 0.4) is 0 Å². The fourth-order valence-electron chi connectivity index (χ4n) is 1.62. The topological polar surface area (TPSA) is 87.2 Å². The van der Waals surface area contributed by atoms with Crippen molar-refractivity contribution >= 4 is 16.8 Å². The number of rotatable bonds is 4. The predicted molar refractivity (Wildman–Crippen MR) is 51.1 cm³/mol. The summed E-state index contributed by atoms with van der Waals surface area (Å²) in [5.41, 5.74) is 0.